The van der Waals surface area contributed by atoms with Crippen molar-refractivity contribution in [3.63, 3.8) is 0 Å². The summed E-state index contributed by atoms with van der Waals surface area (Å²) < 4.78 is 13.4. The highest BCUT2D eigenvalue weighted by Crippen LogP contribution is 2.41. The van der Waals surface area contributed by atoms with E-state index in [2.05, 4.69) is 26.3 Å². The average Bonchev–Trinajstić information content (AvgIpc) is 3.56. The summed E-state index contributed by atoms with van der Waals surface area (Å²) in [6.45, 7) is 6.58. The molecule has 6 rings (SSSR count). The maximum absolute atomic E-state index is 13.8. The smallest absolute Gasteiger partial charge is 0.335 e. The number of nitrogens with zero attached hydrogens (tertiary/aromatic N) is 6. The molecule has 0 spiro atoms. The molecule has 0 fully saturated rings. The highest BCUT2D eigenvalue weighted by Gasteiger charge is 2.25. The summed E-state index contributed by atoms with van der Waals surface area (Å²) in [6, 6.07) is 17.5. The van der Waals surface area contributed by atoms with Gasteiger partial charge in [0.25, 0.3) is 11.6 Å². The predicted octanol–water partition coefficient (Wildman–Crippen LogP) is 7.00. The Kier molecular flexibility index (Phi) is 9.75. The van der Waals surface area contributed by atoms with Gasteiger partial charge in [-0.1, -0.05) is 42.0 Å². The van der Waals surface area contributed by atoms with Crippen LogP contribution in [0.4, 0.5) is 16.2 Å². The number of ether oxygens (including phenoxy) is 2. The number of nitro benzene ring substituents is 1. The van der Waals surface area contributed by atoms with Crippen LogP contribution in [0.15, 0.2) is 79.4 Å². The number of aromatic nitrogens is 4. The van der Waals surface area contributed by atoms with E-state index in [-0.39, 0.29) is 39.8 Å². The Labute approximate surface area is 292 Å². The van der Waals surface area contributed by atoms with E-state index in [1.807, 2.05) is 26.0 Å². The second-order valence-electron chi connectivity index (χ2n) is 12.0. The van der Waals surface area contributed by atoms with Gasteiger partial charge >= 0.3 is 6.03 Å². The molecule has 2 aromatic heterocycles. The topological polar surface area (TPSA) is 175 Å². The lowest BCUT2D eigenvalue weighted by molar-refractivity contribution is -0.384. The molecule has 0 radical (unpaired) electrons. The van der Waals surface area contributed by atoms with Crippen molar-refractivity contribution in [3.05, 3.63) is 112 Å². The maximum Gasteiger partial charge on any atom is 0.335 e. The first-order valence-electron chi connectivity index (χ1n) is 16.2. The number of amides is 2. The number of phenolic OH excluding ortho intramolecular Hbond substituents is 1. The quantitative estimate of drug-likeness (QED) is 0.0818. The largest absolute Gasteiger partial charge is 0.506 e. The number of non-ortho nitro benzene ring substituents is 1. The van der Waals surface area contributed by atoms with E-state index in [9.17, 15) is 24.8 Å². The zero-order valence-electron chi connectivity index (χ0n) is 28.4. The van der Waals surface area contributed by atoms with Gasteiger partial charge in [0.1, 0.15) is 35.4 Å². The molecular formula is C37H35N7O7. The van der Waals surface area contributed by atoms with Gasteiger partial charge in [0, 0.05) is 36.5 Å². The Balaban J connectivity index is 1.24. The van der Waals surface area contributed by atoms with Gasteiger partial charge in [-0.25, -0.2) is 24.3 Å². The standard InChI is InChI=1S/C37H35N7O7/c1-22-11-13-30(23(2)17-22)50-16-8-7-15-38-36(46)28-19-32(26-9-5-6-10-27(26)34(28)45)51-31-14-12-25(44(48)49)18-29(31)42(4)37(47)43-21-41-33-24(3)39-20-40-35(33)43/h5-6,9-14,17-21,45H,7-8,15-16H2,1-4H3,(H,38,46). The summed E-state index contributed by atoms with van der Waals surface area (Å²) in [5, 5.41) is 26.6. The lowest BCUT2D eigenvalue weighted by atomic mass is 10.0. The minimum absolute atomic E-state index is 0.0249. The number of phenols is 1. The third-order valence-corrected chi connectivity index (χ3v) is 8.41. The van der Waals surface area contributed by atoms with E-state index in [1.54, 1.807) is 31.2 Å². The van der Waals surface area contributed by atoms with Crippen molar-refractivity contribution in [1.82, 2.24) is 24.8 Å². The van der Waals surface area contributed by atoms with Crippen molar-refractivity contribution >= 4 is 45.2 Å². The number of unbranched alkanes of at least 4 members (excludes halogenated alkanes) is 1. The summed E-state index contributed by atoms with van der Waals surface area (Å²) in [5.41, 5.74) is 3.26. The van der Waals surface area contributed by atoms with Gasteiger partial charge in [-0.15, -0.1) is 0 Å². The third kappa shape index (κ3) is 7.11. The molecule has 51 heavy (non-hydrogen) atoms. The number of carbonyl (C=O) groups excluding carboxylic acids is 2. The Hall–Kier alpha value is -6.57. The van der Waals surface area contributed by atoms with Crippen LogP contribution in [0.5, 0.6) is 23.0 Å². The second kappa shape index (κ2) is 14.5. The molecule has 2 N–H and O–H groups in total. The summed E-state index contributed by atoms with van der Waals surface area (Å²) >= 11 is 0. The van der Waals surface area contributed by atoms with Crippen LogP contribution in [-0.2, 0) is 0 Å². The maximum atomic E-state index is 13.8. The molecule has 0 aliphatic heterocycles. The lowest BCUT2D eigenvalue weighted by Crippen LogP contribution is -2.31. The van der Waals surface area contributed by atoms with E-state index >= 15 is 0 Å². The van der Waals surface area contributed by atoms with Crippen molar-refractivity contribution in [2.24, 2.45) is 0 Å². The van der Waals surface area contributed by atoms with Gasteiger partial charge in [0.2, 0.25) is 0 Å². The Morgan fingerprint density at radius 2 is 1.71 bits per heavy atom. The lowest BCUT2D eigenvalue weighted by Gasteiger charge is -2.21. The van der Waals surface area contributed by atoms with Crippen molar-refractivity contribution < 1.29 is 29.1 Å². The number of hydrogen-bond donors (Lipinski definition) is 2. The number of carbonyl (C=O) groups is 2. The summed E-state index contributed by atoms with van der Waals surface area (Å²) in [5.74, 6) is 0.346. The van der Waals surface area contributed by atoms with E-state index in [1.165, 1.54) is 53.4 Å². The van der Waals surface area contributed by atoms with Crippen LogP contribution in [0.3, 0.4) is 0 Å². The number of rotatable bonds is 11. The Morgan fingerprint density at radius 3 is 2.47 bits per heavy atom. The van der Waals surface area contributed by atoms with Crippen LogP contribution in [0.1, 0.15) is 40.0 Å². The number of hydrogen-bond acceptors (Lipinski definition) is 10. The number of aromatic hydroxyl groups is 1. The molecule has 2 heterocycles. The molecule has 0 bridgehead atoms. The number of nitro groups is 1. The highest BCUT2D eigenvalue weighted by molar-refractivity contribution is 6.06. The second-order valence-corrected chi connectivity index (χ2v) is 12.0. The van der Waals surface area contributed by atoms with Crippen LogP contribution in [0.2, 0.25) is 0 Å². The summed E-state index contributed by atoms with van der Waals surface area (Å²) in [7, 11) is 1.44. The van der Waals surface area contributed by atoms with Crippen LogP contribution in [-0.4, -0.2) is 61.7 Å². The zero-order chi connectivity index (χ0) is 36.2. The van der Waals surface area contributed by atoms with Crippen LogP contribution < -0.4 is 19.7 Å². The molecule has 4 aromatic carbocycles. The number of benzene rings is 4. The van der Waals surface area contributed by atoms with Gasteiger partial charge in [0.05, 0.1) is 28.5 Å². The molecule has 260 valence electrons. The molecule has 0 unspecified atom stereocenters. The minimum atomic E-state index is -0.615. The molecular weight excluding hydrogens is 654 g/mol. The normalized spacial score (nSPS) is 11.1. The fourth-order valence-electron chi connectivity index (χ4n) is 5.69. The van der Waals surface area contributed by atoms with Crippen molar-refractivity contribution in [1.29, 1.82) is 0 Å². The molecule has 0 saturated heterocycles. The van der Waals surface area contributed by atoms with Crippen LogP contribution >= 0.6 is 0 Å². The van der Waals surface area contributed by atoms with E-state index in [0.29, 0.717) is 48.0 Å². The first-order valence-corrected chi connectivity index (χ1v) is 16.2. The van der Waals surface area contributed by atoms with Gasteiger partial charge in [-0.05, 0) is 57.4 Å². The Bertz CT molecular complexity index is 2300. The first kappa shape index (κ1) is 34.3. The molecule has 14 nitrogen and oxygen atoms in total. The monoisotopic (exact) mass is 689 g/mol. The number of anilines is 1. The predicted molar refractivity (Wildman–Crippen MR) is 191 cm³/mol. The van der Waals surface area contributed by atoms with Gasteiger partial charge in [0.15, 0.2) is 11.4 Å². The van der Waals surface area contributed by atoms with Gasteiger partial charge < -0.3 is 19.9 Å². The van der Waals surface area contributed by atoms with Gasteiger partial charge in [-0.3, -0.25) is 19.8 Å². The van der Waals surface area contributed by atoms with Crippen LogP contribution in [0, 0.1) is 30.9 Å². The number of imidazole rings is 1. The summed E-state index contributed by atoms with van der Waals surface area (Å²) in [6.07, 6.45) is 3.96. The Morgan fingerprint density at radius 1 is 0.941 bits per heavy atom. The SMILES string of the molecule is Cc1ccc(OCCCCNC(=O)c2cc(Oc3ccc([N+](=O)[O-])cc3N(C)C(=O)n3cnc4c(C)ncnc43)c3ccccc3c2O)c(C)c1. The van der Waals surface area contributed by atoms with E-state index in [4.69, 9.17) is 9.47 Å². The molecule has 0 aliphatic rings. The van der Waals surface area contributed by atoms with Crippen molar-refractivity contribution in [3.8, 4) is 23.0 Å². The number of aryl methyl sites for hydroxylation is 3. The van der Waals surface area contributed by atoms with Gasteiger partial charge in [-0.2, -0.15) is 0 Å². The van der Waals surface area contributed by atoms with Crippen LogP contribution in [0.25, 0.3) is 21.9 Å². The first-order chi connectivity index (χ1) is 24.5. The fraction of sp³-hybridized carbons (Fsp3) is 0.216. The van der Waals surface area contributed by atoms with Crippen molar-refractivity contribution in [2.75, 3.05) is 25.1 Å². The summed E-state index contributed by atoms with van der Waals surface area (Å²) in [4.78, 5) is 52.1. The average molecular weight is 690 g/mol. The van der Waals surface area contributed by atoms with E-state index < -0.39 is 16.9 Å². The molecule has 6 aromatic rings. The highest BCUT2D eigenvalue weighted by atomic mass is 16.6. The van der Waals surface area contributed by atoms with E-state index in [0.717, 1.165) is 16.9 Å². The van der Waals surface area contributed by atoms with Crippen molar-refractivity contribution in [2.45, 2.75) is 33.6 Å². The third-order valence-electron chi connectivity index (χ3n) is 8.41. The molecule has 0 aliphatic carbocycles. The molecule has 14 heteroatoms. The minimum Gasteiger partial charge on any atom is -0.506 e. The molecule has 2 amide bonds. The zero-order valence-corrected chi connectivity index (χ0v) is 28.4. The molecule has 0 atom stereocenters. The molecule has 0 saturated carbocycles. The fourth-order valence-corrected chi connectivity index (χ4v) is 5.69. The number of nitrogens with one attached hydrogen (secondary N) is 1. The number of fused-ring (bicyclic) bond motifs is 2.